The molecule has 2 aromatic carbocycles. The molecule has 14 heteroatoms. The Labute approximate surface area is 268 Å². The SMILES string of the molecule is Cc1cc(F)ccc1-c1cc(N2CCN3CC(CO)NCC3C2)ncc1N(C)C(=O)C(C)(C)c1cc(C(F)(F)F)cc(C(F)(F)F)c1. The van der Waals surface area contributed by atoms with Crippen molar-refractivity contribution >= 4 is 17.4 Å². The van der Waals surface area contributed by atoms with Gasteiger partial charge in [0.05, 0.1) is 35.0 Å². The first-order chi connectivity index (χ1) is 21.9. The topological polar surface area (TPSA) is 71.9 Å². The van der Waals surface area contributed by atoms with Crippen LogP contribution in [0.5, 0.6) is 0 Å². The summed E-state index contributed by atoms with van der Waals surface area (Å²) in [6.07, 6.45) is -8.70. The van der Waals surface area contributed by atoms with Gasteiger partial charge in [0.15, 0.2) is 0 Å². The minimum Gasteiger partial charge on any atom is -0.395 e. The van der Waals surface area contributed by atoms with E-state index >= 15 is 0 Å². The summed E-state index contributed by atoms with van der Waals surface area (Å²) in [6, 6.07) is 7.23. The molecule has 2 saturated heterocycles. The van der Waals surface area contributed by atoms with Crippen LogP contribution in [0.2, 0.25) is 0 Å². The number of aliphatic hydroxyl groups excluding tert-OH is 1. The lowest BCUT2D eigenvalue weighted by molar-refractivity contribution is -0.143. The number of aromatic nitrogens is 1. The molecule has 5 rings (SSSR count). The third-order valence-electron chi connectivity index (χ3n) is 9.10. The molecule has 0 aliphatic carbocycles. The Hall–Kier alpha value is -3.75. The molecule has 2 aliphatic rings. The van der Waals surface area contributed by atoms with Gasteiger partial charge in [0.25, 0.3) is 0 Å². The molecular weight excluding hydrogens is 631 g/mol. The summed E-state index contributed by atoms with van der Waals surface area (Å²) in [5.74, 6) is -0.662. The molecule has 47 heavy (non-hydrogen) atoms. The van der Waals surface area contributed by atoms with Crippen LogP contribution in [0, 0.1) is 12.7 Å². The Balaban J connectivity index is 1.53. The number of alkyl halides is 6. The van der Waals surface area contributed by atoms with E-state index in [9.17, 15) is 40.6 Å². The number of pyridine rings is 1. The number of piperazine rings is 2. The van der Waals surface area contributed by atoms with E-state index in [1.54, 1.807) is 19.1 Å². The predicted molar refractivity (Wildman–Crippen MR) is 164 cm³/mol. The summed E-state index contributed by atoms with van der Waals surface area (Å²) in [4.78, 5) is 24.2. The quantitative estimate of drug-likeness (QED) is 0.333. The standard InChI is InChI=1S/C33H36F7N5O2/c1-19-9-23(34)5-6-26(19)27-13-29(45-8-7-44-16-24(18-46)41-14-25(44)17-45)42-15-28(27)43(4)30(47)31(2,3)20-10-21(32(35,36)37)12-22(11-20)33(38,39)40/h5-6,9-13,15,24-25,41,46H,7-8,14,16-18H2,1-4H3. The number of carbonyl (C=O) groups is 1. The second kappa shape index (κ2) is 12.7. The van der Waals surface area contributed by atoms with Crippen LogP contribution >= 0.6 is 0 Å². The van der Waals surface area contributed by atoms with Crippen LogP contribution in [-0.2, 0) is 22.6 Å². The smallest absolute Gasteiger partial charge is 0.395 e. The minimum atomic E-state index is -5.08. The Bertz CT molecular complexity index is 1610. The Morgan fingerprint density at radius 3 is 2.19 bits per heavy atom. The zero-order valence-corrected chi connectivity index (χ0v) is 26.3. The van der Waals surface area contributed by atoms with Crippen molar-refractivity contribution in [1.82, 2.24) is 15.2 Å². The van der Waals surface area contributed by atoms with Gasteiger partial charge in [0.2, 0.25) is 5.91 Å². The van der Waals surface area contributed by atoms with Crippen LogP contribution in [0.25, 0.3) is 11.1 Å². The van der Waals surface area contributed by atoms with Crippen molar-refractivity contribution in [3.8, 4) is 11.1 Å². The summed E-state index contributed by atoms with van der Waals surface area (Å²) in [5, 5.41) is 12.9. The largest absolute Gasteiger partial charge is 0.416 e. The number of hydrogen-bond acceptors (Lipinski definition) is 6. The lowest BCUT2D eigenvalue weighted by atomic mass is 9.81. The molecule has 2 aliphatic heterocycles. The molecule has 3 aromatic rings. The summed E-state index contributed by atoms with van der Waals surface area (Å²) >= 11 is 0. The number of carbonyl (C=O) groups excluding carboxylic acids is 1. The molecule has 254 valence electrons. The maximum absolute atomic E-state index is 14.1. The van der Waals surface area contributed by atoms with Crippen molar-refractivity contribution in [3.63, 3.8) is 0 Å². The zero-order chi connectivity index (χ0) is 34.5. The molecule has 3 heterocycles. The number of aryl methyl sites for hydroxylation is 1. The number of halogens is 7. The highest BCUT2D eigenvalue weighted by Crippen LogP contribution is 2.41. The van der Waals surface area contributed by atoms with Gasteiger partial charge in [-0.25, -0.2) is 9.37 Å². The fraction of sp³-hybridized carbons (Fsp3) is 0.455. The second-order valence-electron chi connectivity index (χ2n) is 12.7. The van der Waals surface area contributed by atoms with Crippen LogP contribution < -0.4 is 15.1 Å². The minimum absolute atomic E-state index is 0.00317. The van der Waals surface area contributed by atoms with Crippen molar-refractivity contribution in [2.75, 3.05) is 56.2 Å². The summed E-state index contributed by atoms with van der Waals surface area (Å²) in [7, 11) is 1.38. The number of nitrogens with one attached hydrogen (secondary N) is 1. The van der Waals surface area contributed by atoms with E-state index in [0.29, 0.717) is 60.8 Å². The number of nitrogens with zero attached hydrogens (tertiary/aromatic N) is 4. The second-order valence-corrected chi connectivity index (χ2v) is 12.7. The molecule has 0 spiro atoms. The molecule has 1 aromatic heterocycles. The molecule has 2 unspecified atom stereocenters. The van der Waals surface area contributed by atoms with Crippen LogP contribution in [0.15, 0.2) is 48.7 Å². The van der Waals surface area contributed by atoms with E-state index in [1.165, 1.54) is 44.1 Å². The van der Waals surface area contributed by atoms with Crippen molar-refractivity contribution in [1.29, 1.82) is 0 Å². The number of anilines is 2. The van der Waals surface area contributed by atoms with Crippen LogP contribution in [-0.4, -0.2) is 79.4 Å². The van der Waals surface area contributed by atoms with Crippen molar-refractivity contribution in [3.05, 3.63) is 76.7 Å². The van der Waals surface area contributed by atoms with Gasteiger partial charge in [-0.2, -0.15) is 26.3 Å². The normalized spacial score (nSPS) is 19.4. The van der Waals surface area contributed by atoms with Gasteiger partial charge < -0.3 is 20.2 Å². The zero-order valence-electron chi connectivity index (χ0n) is 26.3. The third-order valence-corrected chi connectivity index (χ3v) is 9.10. The number of benzene rings is 2. The van der Waals surface area contributed by atoms with E-state index in [0.717, 1.165) is 6.54 Å². The lowest BCUT2D eigenvalue weighted by Gasteiger charge is -2.46. The predicted octanol–water partition coefficient (Wildman–Crippen LogP) is 5.63. The Morgan fingerprint density at radius 2 is 1.60 bits per heavy atom. The Kier molecular flexibility index (Phi) is 9.34. The number of rotatable bonds is 6. The van der Waals surface area contributed by atoms with Crippen LogP contribution in [0.3, 0.4) is 0 Å². The Morgan fingerprint density at radius 1 is 0.957 bits per heavy atom. The van der Waals surface area contributed by atoms with Crippen LogP contribution in [0.1, 0.15) is 36.1 Å². The monoisotopic (exact) mass is 667 g/mol. The van der Waals surface area contributed by atoms with E-state index in [4.69, 9.17) is 0 Å². The number of fused-ring (bicyclic) bond motifs is 1. The van der Waals surface area contributed by atoms with E-state index in [-0.39, 0.29) is 30.4 Å². The fourth-order valence-corrected chi connectivity index (χ4v) is 6.30. The molecule has 7 nitrogen and oxygen atoms in total. The molecular formula is C33H36F7N5O2. The lowest BCUT2D eigenvalue weighted by Crippen LogP contribution is -2.64. The highest BCUT2D eigenvalue weighted by Gasteiger charge is 2.41. The van der Waals surface area contributed by atoms with E-state index in [2.05, 4.69) is 20.1 Å². The molecule has 0 bridgehead atoms. The average molecular weight is 668 g/mol. The first kappa shape index (κ1) is 34.6. The third kappa shape index (κ3) is 7.09. The van der Waals surface area contributed by atoms with Crippen molar-refractivity contribution in [2.24, 2.45) is 0 Å². The van der Waals surface area contributed by atoms with Gasteiger partial charge in [-0.05, 0) is 73.9 Å². The first-order valence-electron chi connectivity index (χ1n) is 15.1. The van der Waals surface area contributed by atoms with Crippen molar-refractivity contribution < 1.29 is 40.6 Å². The maximum atomic E-state index is 14.1. The van der Waals surface area contributed by atoms with Gasteiger partial charge >= 0.3 is 12.4 Å². The number of amides is 1. The highest BCUT2D eigenvalue weighted by molar-refractivity contribution is 6.03. The first-order valence-corrected chi connectivity index (χ1v) is 15.1. The fourth-order valence-electron chi connectivity index (χ4n) is 6.30. The summed E-state index contributed by atoms with van der Waals surface area (Å²) in [6.45, 7) is 7.62. The van der Waals surface area contributed by atoms with Crippen molar-refractivity contribution in [2.45, 2.75) is 50.6 Å². The summed E-state index contributed by atoms with van der Waals surface area (Å²) in [5.41, 5.74) is -3.46. The van der Waals surface area contributed by atoms with Gasteiger partial charge in [0.1, 0.15) is 11.6 Å². The molecule has 2 fully saturated rings. The van der Waals surface area contributed by atoms with Gasteiger partial charge in [0, 0.05) is 57.4 Å². The van der Waals surface area contributed by atoms with Gasteiger partial charge in [-0.1, -0.05) is 6.07 Å². The molecule has 0 radical (unpaired) electrons. The highest BCUT2D eigenvalue weighted by atomic mass is 19.4. The molecule has 2 N–H and O–H groups in total. The molecule has 2 atom stereocenters. The van der Waals surface area contributed by atoms with E-state index in [1.807, 2.05) is 0 Å². The molecule has 1 amide bonds. The van der Waals surface area contributed by atoms with E-state index < -0.39 is 46.2 Å². The number of hydrogen-bond donors (Lipinski definition) is 2. The summed E-state index contributed by atoms with van der Waals surface area (Å²) < 4.78 is 96.1. The van der Waals surface area contributed by atoms with Crippen LogP contribution in [0.4, 0.5) is 42.2 Å². The number of likely N-dealkylation sites (N-methyl/N-ethyl adjacent to an activating group) is 1. The van der Waals surface area contributed by atoms with Gasteiger partial charge in [-0.15, -0.1) is 0 Å². The average Bonchev–Trinajstić information content (AvgIpc) is 3.02. The van der Waals surface area contributed by atoms with Gasteiger partial charge in [-0.3, -0.25) is 9.69 Å². The maximum Gasteiger partial charge on any atom is 0.416 e. The number of aliphatic hydroxyl groups is 1. The molecule has 0 saturated carbocycles.